The summed E-state index contributed by atoms with van der Waals surface area (Å²) in [6.07, 6.45) is 0. The molecule has 1 aliphatic heterocycles. The molecule has 1 aromatic rings. The first-order valence-electron chi connectivity index (χ1n) is 5.80. The Balaban J connectivity index is 1.98. The van der Waals surface area contributed by atoms with Crippen LogP contribution in [0.4, 0.5) is 4.39 Å². The molecule has 2 N–H and O–H groups in total. The molecule has 0 radical (unpaired) electrons. The molecule has 2 rings (SSSR count). The van der Waals surface area contributed by atoms with Crippen molar-refractivity contribution in [1.82, 2.24) is 9.21 Å². The Morgan fingerprint density at radius 2 is 1.89 bits per heavy atom. The van der Waals surface area contributed by atoms with E-state index in [-0.39, 0.29) is 5.82 Å². The van der Waals surface area contributed by atoms with Crippen molar-refractivity contribution < 1.29 is 12.8 Å². The third-order valence-electron chi connectivity index (χ3n) is 3.09. The highest BCUT2D eigenvalue weighted by atomic mass is 79.9. The summed E-state index contributed by atoms with van der Waals surface area (Å²) in [7, 11) is -3.61. The van der Waals surface area contributed by atoms with E-state index in [1.165, 1.54) is 10.4 Å². The average Bonchev–Trinajstić information content (AvgIpc) is 2.33. The van der Waals surface area contributed by atoms with Crippen LogP contribution in [0.25, 0.3) is 0 Å². The molecule has 1 aliphatic rings. The third-order valence-corrected chi connectivity index (χ3v) is 4.67. The Labute approximate surface area is 120 Å². The van der Waals surface area contributed by atoms with Crippen molar-refractivity contribution in [2.75, 3.05) is 26.2 Å². The van der Waals surface area contributed by atoms with Crippen LogP contribution in [0.1, 0.15) is 5.56 Å². The maximum absolute atomic E-state index is 13.6. The summed E-state index contributed by atoms with van der Waals surface area (Å²) in [5.41, 5.74) is 0.596. The predicted octanol–water partition coefficient (Wildman–Crippen LogP) is 0.909. The number of benzene rings is 1. The molecular weight excluding hydrogens is 337 g/mol. The minimum Gasteiger partial charge on any atom is -0.296 e. The molecule has 1 saturated heterocycles. The molecule has 0 aliphatic carbocycles. The molecule has 0 bridgehead atoms. The van der Waals surface area contributed by atoms with Gasteiger partial charge in [-0.25, -0.2) is 9.53 Å². The van der Waals surface area contributed by atoms with Crippen LogP contribution in [0.2, 0.25) is 0 Å². The van der Waals surface area contributed by atoms with E-state index < -0.39 is 10.2 Å². The van der Waals surface area contributed by atoms with Crippen molar-refractivity contribution in [1.29, 1.82) is 0 Å². The van der Waals surface area contributed by atoms with E-state index in [0.29, 0.717) is 38.3 Å². The van der Waals surface area contributed by atoms with Crippen LogP contribution >= 0.6 is 15.9 Å². The zero-order chi connectivity index (χ0) is 14.0. The molecule has 5 nitrogen and oxygen atoms in total. The lowest BCUT2D eigenvalue weighted by Gasteiger charge is -2.32. The van der Waals surface area contributed by atoms with Gasteiger partial charge in [-0.1, -0.05) is 15.9 Å². The van der Waals surface area contributed by atoms with Crippen LogP contribution in [0.5, 0.6) is 0 Å². The fraction of sp³-hybridized carbons (Fsp3) is 0.455. The molecule has 0 saturated carbocycles. The number of nitrogens with zero attached hydrogens (tertiary/aromatic N) is 2. The van der Waals surface area contributed by atoms with Crippen LogP contribution in [0, 0.1) is 5.82 Å². The number of halogens is 2. The summed E-state index contributed by atoms with van der Waals surface area (Å²) in [4.78, 5) is 2.01. The van der Waals surface area contributed by atoms with E-state index in [1.807, 2.05) is 4.90 Å². The molecule has 1 aromatic carbocycles. The second kappa shape index (κ2) is 5.84. The predicted molar refractivity (Wildman–Crippen MR) is 74.1 cm³/mol. The van der Waals surface area contributed by atoms with Gasteiger partial charge >= 0.3 is 0 Å². The first-order valence-corrected chi connectivity index (χ1v) is 8.10. The molecule has 0 unspecified atom stereocenters. The first kappa shape index (κ1) is 14.9. The Hall–Kier alpha value is -0.540. The van der Waals surface area contributed by atoms with E-state index in [9.17, 15) is 12.8 Å². The third kappa shape index (κ3) is 3.96. The lowest BCUT2D eigenvalue weighted by molar-refractivity contribution is 0.180. The molecule has 0 spiro atoms. The lowest BCUT2D eigenvalue weighted by Crippen LogP contribution is -2.50. The van der Waals surface area contributed by atoms with Crippen LogP contribution in [-0.4, -0.2) is 43.8 Å². The minimum absolute atomic E-state index is 0.253. The molecule has 0 amide bonds. The molecule has 0 aromatic heterocycles. The van der Waals surface area contributed by atoms with Crippen LogP contribution in [0.3, 0.4) is 0 Å². The highest BCUT2D eigenvalue weighted by molar-refractivity contribution is 9.10. The summed E-state index contributed by atoms with van der Waals surface area (Å²) >= 11 is 3.31. The summed E-state index contributed by atoms with van der Waals surface area (Å²) in [5.74, 6) is -0.253. The summed E-state index contributed by atoms with van der Waals surface area (Å²) in [5, 5.41) is 5.07. The average molecular weight is 352 g/mol. The van der Waals surface area contributed by atoms with Gasteiger partial charge in [0, 0.05) is 42.8 Å². The molecular formula is C11H15BrFN3O2S. The van der Waals surface area contributed by atoms with Crippen molar-refractivity contribution in [3.8, 4) is 0 Å². The van der Waals surface area contributed by atoms with Gasteiger partial charge in [-0.2, -0.15) is 12.7 Å². The van der Waals surface area contributed by atoms with Crippen LogP contribution in [-0.2, 0) is 16.8 Å². The summed E-state index contributed by atoms with van der Waals surface area (Å²) in [6, 6.07) is 4.80. The van der Waals surface area contributed by atoms with E-state index in [1.54, 1.807) is 12.1 Å². The Morgan fingerprint density at radius 1 is 1.26 bits per heavy atom. The van der Waals surface area contributed by atoms with Gasteiger partial charge in [0.1, 0.15) is 5.82 Å². The smallest absolute Gasteiger partial charge is 0.276 e. The number of piperazine rings is 1. The van der Waals surface area contributed by atoms with Gasteiger partial charge < -0.3 is 0 Å². The highest BCUT2D eigenvalue weighted by Crippen LogP contribution is 2.18. The van der Waals surface area contributed by atoms with Crippen molar-refractivity contribution in [3.63, 3.8) is 0 Å². The van der Waals surface area contributed by atoms with Gasteiger partial charge in [-0.05, 0) is 18.2 Å². The van der Waals surface area contributed by atoms with Crippen molar-refractivity contribution in [2.45, 2.75) is 6.54 Å². The van der Waals surface area contributed by atoms with Crippen molar-refractivity contribution >= 4 is 26.1 Å². The fourth-order valence-electron chi connectivity index (χ4n) is 2.05. The zero-order valence-electron chi connectivity index (χ0n) is 10.2. The van der Waals surface area contributed by atoms with Crippen molar-refractivity contribution in [2.24, 2.45) is 5.14 Å². The first-order chi connectivity index (χ1) is 8.86. The van der Waals surface area contributed by atoms with Gasteiger partial charge in [0.2, 0.25) is 0 Å². The van der Waals surface area contributed by atoms with E-state index in [2.05, 4.69) is 15.9 Å². The number of nitrogens with two attached hydrogens (primary N) is 1. The van der Waals surface area contributed by atoms with Gasteiger partial charge in [-0.3, -0.25) is 4.90 Å². The van der Waals surface area contributed by atoms with Gasteiger partial charge in [0.15, 0.2) is 0 Å². The largest absolute Gasteiger partial charge is 0.296 e. The lowest BCUT2D eigenvalue weighted by atomic mass is 10.2. The van der Waals surface area contributed by atoms with Gasteiger partial charge in [0.05, 0.1) is 0 Å². The second-order valence-corrected chi connectivity index (χ2v) is 6.92. The van der Waals surface area contributed by atoms with Crippen molar-refractivity contribution in [3.05, 3.63) is 34.1 Å². The quantitative estimate of drug-likeness (QED) is 0.879. The van der Waals surface area contributed by atoms with Gasteiger partial charge in [-0.15, -0.1) is 0 Å². The van der Waals surface area contributed by atoms with E-state index in [4.69, 9.17) is 5.14 Å². The monoisotopic (exact) mass is 351 g/mol. The maximum atomic E-state index is 13.6. The highest BCUT2D eigenvalue weighted by Gasteiger charge is 2.24. The second-order valence-electron chi connectivity index (χ2n) is 4.46. The number of hydrogen-bond donors (Lipinski definition) is 1. The molecule has 1 heterocycles. The van der Waals surface area contributed by atoms with E-state index in [0.717, 1.165) is 4.47 Å². The zero-order valence-corrected chi connectivity index (χ0v) is 12.6. The maximum Gasteiger partial charge on any atom is 0.276 e. The summed E-state index contributed by atoms with van der Waals surface area (Å²) < 4.78 is 38.0. The van der Waals surface area contributed by atoms with Gasteiger partial charge in [0.25, 0.3) is 10.2 Å². The van der Waals surface area contributed by atoms with Crippen LogP contribution < -0.4 is 5.14 Å². The SMILES string of the molecule is NS(=O)(=O)N1CCN(Cc2cc(Br)ccc2F)CC1. The standard InChI is InChI=1S/C11H15BrFN3O2S/c12-10-1-2-11(13)9(7-10)8-15-3-5-16(6-4-15)19(14,17)18/h1-2,7H,3-6,8H2,(H2,14,17,18). The molecule has 19 heavy (non-hydrogen) atoms. The number of hydrogen-bond acceptors (Lipinski definition) is 3. The summed E-state index contributed by atoms with van der Waals surface area (Å²) in [6.45, 7) is 2.23. The van der Waals surface area contributed by atoms with E-state index >= 15 is 0 Å². The normalized spacial score (nSPS) is 18.7. The number of rotatable bonds is 3. The molecule has 8 heteroatoms. The minimum atomic E-state index is -3.61. The Bertz CT molecular complexity index is 559. The molecule has 106 valence electrons. The molecule has 0 atom stereocenters. The van der Waals surface area contributed by atoms with Crippen LogP contribution in [0.15, 0.2) is 22.7 Å². The topological polar surface area (TPSA) is 66.6 Å². The Morgan fingerprint density at radius 3 is 2.47 bits per heavy atom. The Kier molecular flexibility index (Phi) is 4.57. The fourth-order valence-corrected chi connectivity index (χ4v) is 3.13. The molecule has 1 fully saturated rings.